The summed E-state index contributed by atoms with van der Waals surface area (Å²) in [6, 6.07) is 6.60. The fourth-order valence-electron chi connectivity index (χ4n) is 4.71. The van der Waals surface area contributed by atoms with Gasteiger partial charge < -0.3 is 22.2 Å². The number of benzene rings is 1. The molecule has 0 aromatic heterocycles. The number of hydrogen-bond acceptors (Lipinski definition) is 5. The second-order valence-electron chi connectivity index (χ2n) is 7.15. The van der Waals surface area contributed by atoms with E-state index in [1.165, 1.54) is 5.56 Å². The van der Waals surface area contributed by atoms with Gasteiger partial charge in [0.2, 0.25) is 0 Å². The maximum atomic E-state index is 6.54. The number of ether oxygens (including phenoxy) is 3. The molecule has 3 aliphatic rings. The lowest BCUT2D eigenvalue weighted by atomic mass is 9.67. The highest BCUT2D eigenvalue weighted by Crippen LogP contribution is 2.47. The minimum atomic E-state index is -0.403. The third kappa shape index (κ3) is 2.69. The molecule has 5 atom stereocenters. The maximum Gasteiger partial charge on any atom is 0.162 e. The first kappa shape index (κ1) is 17.6. The maximum absolute atomic E-state index is 6.54. The van der Waals surface area contributed by atoms with Crippen LogP contribution in [0, 0.1) is 5.92 Å². The van der Waals surface area contributed by atoms with Crippen LogP contribution in [0.1, 0.15) is 12.0 Å². The molecule has 25 heavy (non-hydrogen) atoms. The Morgan fingerprint density at radius 1 is 1.28 bits per heavy atom. The monoisotopic (exact) mass is 457 g/mol. The van der Waals surface area contributed by atoms with Gasteiger partial charge in [0.25, 0.3) is 0 Å². The first-order valence-corrected chi connectivity index (χ1v) is 9.55. The molecule has 0 N–H and O–H groups in total. The van der Waals surface area contributed by atoms with Gasteiger partial charge in [-0.25, -0.2) is 0 Å². The number of hydrogen-bond donors (Lipinski definition) is 0. The first-order chi connectivity index (χ1) is 12.1. The molecule has 0 spiro atoms. The Hall–Kier alpha value is -0.830. The lowest BCUT2D eigenvalue weighted by Gasteiger charge is -2.55. The van der Waals surface area contributed by atoms with Crippen LogP contribution in [-0.2, 0) is 14.2 Å². The highest BCUT2D eigenvalue weighted by atomic mass is 127. The van der Waals surface area contributed by atoms with Gasteiger partial charge >= 0.3 is 0 Å². The van der Waals surface area contributed by atoms with Gasteiger partial charge in [-0.1, -0.05) is 18.2 Å². The molecule has 1 saturated heterocycles. The van der Waals surface area contributed by atoms with Crippen molar-refractivity contribution in [1.82, 2.24) is 4.90 Å². The number of likely N-dealkylation sites (N-methyl/N-ethyl adjacent to an activating group) is 1. The molecular formula is C19H24INO4. The SMILES string of the molecule is COc1ccc2cc1O[C@@H]1[C@@H](OI)C=C[C@@H]3[C@@H](C2)N(C)CC[C@]31OC. The van der Waals surface area contributed by atoms with E-state index < -0.39 is 5.60 Å². The van der Waals surface area contributed by atoms with Crippen LogP contribution in [0.4, 0.5) is 0 Å². The molecular weight excluding hydrogens is 433 g/mol. The number of methoxy groups -OCH3 is 2. The van der Waals surface area contributed by atoms with Crippen molar-refractivity contribution in [2.24, 2.45) is 5.92 Å². The second-order valence-corrected chi connectivity index (χ2v) is 7.66. The van der Waals surface area contributed by atoms with E-state index in [-0.39, 0.29) is 18.1 Å². The Labute approximate surface area is 162 Å². The predicted octanol–water partition coefficient (Wildman–Crippen LogP) is 3.01. The lowest BCUT2D eigenvalue weighted by Crippen LogP contribution is -2.67. The minimum Gasteiger partial charge on any atom is -0.493 e. The third-order valence-corrected chi connectivity index (χ3v) is 6.69. The van der Waals surface area contributed by atoms with E-state index in [9.17, 15) is 0 Å². The zero-order chi connectivity index (χ0) is 17.6. The Morgan fingerprint density at radius 3 is 2.84 bits per heavy atom. The van der Waals surface area contributed by atoms with Crippen LogP contribution in [0.3, 0.4) is 0 Å². The number of nitrogens with zero attached hydrogens (tertiary/aromatic N) is 1. The minimum absolute atomic E-state index is 0.160. The molecule has 0 saturated carbocycles. The van der Waals surface area contributed by atoms with Gasteiger partial charge in [-0.15, -0.1) is 0 Å². The van der Waals surface area contributed by atoms with Gasteiger partial charge in [0.1, 0.15) is 34.7 Å². The summed E-state index contributed by atoms with van der Waals surface area (Å²) in [6.45, 7) is 0.976. The predicted molar refractivity (Wildman–Crippen MR) is 103 cm³/mol. The number of likely N-dealkylation sites (tertiary alicyclic amines) is 1. The molecule has 1 fully saturated rings. The summed E-state index contributed by atoms with van der Waals surface area (Å²) >= 11 is 1.96. The fraction of sp³-hybridized carbons (Fsp3) is 0.579. The van der Waals surface area contributed by atoms with Crippen LogP contribution in [0.15, 0.2) is 30.4 Å². The van der Waals surface area contributed by atoms with Crippen molar-refractivity contribution in [2.45, 2.75) is 36.7 Å². The molecule has 0 unspecified atom stereocenters. The molecule has 0 radical (unpaired) electrons. The van der Waals surface area contributed by atoms with Crippen molar-refractivity contribution in [2.75, 3.05) is 27.8 Å². The summed E-state index contributed by atoms with van der Waals surface area (Å²) < 4.78 is 24.0. The quantitative estimate of drug-likeness (QED) is 0.516. The van der Waals surface area contributed by atoms with Crippen molar-refractivity contribution in [3.05, 3.63) is 35.9 Å². The van der Waals surface area contributed by atoms with Crippen LogP contribution in [0.5, 0.6) is 11.5 Å². The second kappa shape index (κ2) is 6.72. The average Bonchev–Trinajstić information content (AvgIpc) is 2.65. The van der Waals surface area contributed by atoms with E-state index in [1.807, 2.05) is 29.1 Å². The molecule has 6 heteroatoms. The third-order valence-electron chi connectivity index (χ3n) is 6.10. The van der Waals surface area contributed by atoms with Crippen molar-refractivity contribution < 1.29 is 17.3 Å². The number of fused-ring (bicyclic) bond motifs is 2. The molecule has 1 aromatic carbocycles. The smallest absolute Gasteiger partial charge is 0.162 e. The van der Waals surface area contributed by atoms with Crippen molar-refractivity contribution in [3.8, 4) is 11.5 Å². The normalized spacial score (nSPS) is 36.8. The van der Waals surface area contributed by atoms with Gasteiger partial charge in [0.15, 0.2) is 17.6 Å². The van der Waals surface area contributed by atoms with Crippen LogP contribution < -0.4 is 9.47 Å². The Balaban J connectivity index is 1.90. The summed E-state index contributed by atoms with van der Waals surface area (Å²) in [6.07, 6.45) is 5.89. The Morgan fingerprint density at radius 2 is 2.12 bits per heavy atom. The van der Waals surface area contributed by atoms with Crippen molar-refractivity contribution in [3.63, 3.8) is 0 Å². The molecule has 1 aromatic rings. The average molecular weight is 457 g/mol. The highest BCUT2D eigenvalue weighted by molar-refractivity contribution is 14.1. The molecule has 5 nitrogen and oxygen atoms in total. The summed E-state index contributed by atoms with van der Waals surface area (Å²) in [5.41, 5.74) is 0.854. The fourth-order valence-corrected chi connectivity index (χ4v) is 5.15. The first-order valence-electron chi connectivity index (χ1n) is 8.67. The zero-order valence-electron chi connectivity index (χ0n) is 14.8. The van der Waals surface area contributed by atoms with Crippen molar-refractivity contribution in [1.29, 1.82) is 0 Å². The number of rotatable bonds is 3. The van der Waals surface area contributed by atoms with Gasteiger partial charge in [-0.3, -0.25) is 0 Å². The molecule has 2 heterocycles. The van der Waals surface area contributed by atoms with Gasteiger partial charge in [0, 0.05) is 25.6 Å². The Bertz CT molecular complexity index is 681. The van der Waals surface area contributed by atoms with Gasteiger partial charge in [0.05, 0.1) is 7.11 Å². The van der Waals surface area contributed by atoms with Crippen LogP contribution in [0.2, 0.25) is 0 Å². The van der Waals surface area contributed by atoms with E-state index in [0.717, 1.165) is 30.9 Å². The Kier molecular flexibility index (Phi) is 4.72. The molecule has 4 rings (SSSR count). The summed E-state index contributed by atoms with van der Waals surface area (Å²) in [5, 5.41) is 0. The van der Waals surface area contributed by atoms with Crippen molar-refractivity contribution >= 4 is 23.0 Å². The number of piperidine rings is 1. The molecule has 136 valence electrons. The molecule has 6 bridgehead atoms. The van der Waals surface area contributed by atoms with Gasteiger partial charge in [-0.2, -0.15) is 0 Å². The largest absolute Gasteiger partial charge is 0.493 e. The standard InChI is InChI=1S/C19H24INO4/c1-21-9-8-19(23-3)13-5-7-16(25-20)18(19)24-17-11-12(10-14(13)21)4-6-15(17)22-2/h4-7,11,13-14,16,18H,8-10H2,1-3H3/t13-,14-,16+,18-,19+/m1/s1. The topological polar surface area (TPSA) is 40.2 Å². The van der Waals surface area contributed by atoms with E-state index >= 15 is 0 Å². The van der Waals surface area contributed by atoms with Gasteiger partial charge in [-0.05, 0) is 37.6 Å². The van der Waals surface area contributed by atoms with E-state index in [2.05, 4.69) is 36.2 Å². The summed E-state index contributed by atoms with van der Waals surface area (Å²) in [5.74, 6) is 1.77. The molecule has 0 amide bonds. The lowest BCUT2D eigenvalue weighted by molar-refractivity contribution is -0.177. The summed E-state index contributed by atoms with van der Waals surface area (Å²) in [4.78, 5) is 2.45. The van der Waals surface area contributed by atoms with E-state index in [4.69, 9.17) is 17.3 Å². The number of halogens is 1. The van der Waals surface area contributed by atoms with Crippen LogP contribution >= 0.6 is 23.0 Å². The zero-order valence-corrected chi connectivity index (χ0v) is 16.9. The highest BCUT2D eigenvalue weighted by Gasteiger charge is 2.57. The van der Waals surface area contributed by atoms with E-state index in [1.54, 1.807) is 14.2 Å². The van der Waals surface area contributed by atoms with Crippen LogP contribution in [-0.4, -0.2) is 56.6 Å². The molecule has 1 aliphatic carbocycles. The van der Waals surface area contributed by atoms with Crippen LogP contribution in [0.25, 0.3) is 0 Å². The van der Waals surface area contributed by atoms with E-state index in [0.29, 0.717) is 6.04 Å². The molecule has 2 aliphatic heterocycles. The summed E-state index contributed by atoms with van der Waals surface area (Å²) in [7, 11) is 5.69.